The van der Waals surface area contributed by atoms with E-state index in [2.05, 4.69) is 0 Å². The van der Waals surface area contributed by atoms with Crippen LogP contribution in [0.4, 0.5) is 0 Å². The van der Waals surface area contributed by atoms with Gasteiger partial charge in [-0.25, -0.2) is 0 Å². The zero-order chi connectivity index (χ0) is 21.5. The molecule has 0 aliphatic heterocycles. The highest BCUT2D eigenvalue weighted by Gasteiger charge is 2.25. The van der Waals surface area contributed by atoms with Crippen LogP contribution in [0.5, 0.6) is 0 Å². The first kappa shape index (κ1) is 21.3. The lowest BCUT2D eigenvalue weighted by atomic mass is 9.84. The van der Waals surface area contributed by atoms with Gasteiger partial charge in [0, 0.05) is 11.1 Å². The van der Waals surface area contributed by atoms with E-state index in [1.807, 2.05) is 65.0 Å². The van der Waals surface area contributed by atoms with Gasteiger partial charge in [-0.15, -0.1) is 0 Å². The van der Waals surface area contributed by atoms with Crippen LogP contribution >= 0.6 is 23.2 Å². The number of carbonyl (C=O) groups excluding carboxylic acids is 2. The van der Waals surface area contributed by atoms with E-state index in [1.165, 1.54) is 12.2 Å². The van der Waals surface area contributed by atoms with Gasteiger partial charge in [-0.05, 0) is 81.2 Å². The lowest BCUT2D eigenvalue weighted by Crippen LogP contribution is -2.12. The molecule has 29 heavy (non-hydrogen) atoms. The molecule has 0 saturated heterocycles. The summed E-state index contributed by atoms with van der Waals surface area (Å²) in [6, 6.07) is 9.86. The molecule has 0 radical (unpaired) electrons. The summed E-state index contributed by atoms with van der Waals surface area (Å²) < 4.78 is 0. The Morgan fingerprint density at radius 3 is 1.66 bits per heavy atom. The molecular formula is C25H22Cl2O2. The van der Waals surface area contributed by atoms with Gasteiger partial charge in [0.15, 0.2) is 5.78 Å². The molecule has 1 aliphatic carbocycles. The van der Waals surface area contributed by atoms with Gasteiger partial charge in [-0.1, -0.05) is 58.1 Å². The summed E-state index contributed by atoms with van der Waals surface area (Å²) in [4.78, 5) is 25.8. The Hall–Kier alpha value is -2.42. The molecule has 0 aromatic heterocycles. The zero-order valence-electron chi connectivity index (χ0n) is 17.1. The third-order valence-corrected chi connectivity index (χ3v) is 5.49. The zero-order valence-corrected chi connectivity index (χ0v) is 18.6. The van der Waals surface area contributed by atoms with Crippen molar-refractivity contribution >= 4 is 40.3 Å². The van der Waals surface area contributed by atoms with E-state index in [0.717, 1.165) is 33.4 Å². The van der Waals surface area contributed by atoms with Gasteiger partial charge in [0.25, 0.3) is 0 Å². The molecule has 0 heterocycles. The molecule has 2 nitrogen and oxygen atoms in total. The van der Waals surface area contributed by atoms with Crippen molar-refractivity contribution in [1.82, 2.24) is 0 Å². The Labute approximate surface area is 181 Å². The highest BCUT2D eigenvalue weighted by molar-refractivity contribution is 6.55. The highest BCUT2D eigenvalue weighted by atomic mass is 35.5. The maximum absolute atomic E-state index is 13.7. The first-order chi connectivity index (χ1) is 13.6. The van der Waals surface area contributed by atoms with Crippen molar-refractivity contribution in [3.63, 3.8) is 0 Å². The van der Waals surface area contributed by atoms with Crippen molar-refractivity contribution in [3.8, 4) is 0 Å². The number of halogens is 2. The minimum atomic E-state index is -0.437. The second kappa shape index (κ2) is 8.14. The van der Waals surface area contributed by atoms with Crippen LogP contribution in [0.2, 0.25) is 0 Å². The molecule has 0 bridgehead atoms. The van der Waals surface area contributed by atoms with Crippen molar-refractivity contribution in [2.24, 2.45) is 0 Å². The molecule has 148 valence electrons. The summed E-state index contributed by atoms with van der Waals surface area (Å²) in [5, 5.41) is 0.00119. The predicted octanol–water partition coefficient (Wildman–Crippen LogP) is 6.69. The molecule has 2 aromatic rings. The molecule has 0 N–H and O–H groups in total. The number of Topliss-reactive ketones (excluding diaryl/α,β-unsaturated/α-hetero) is 2. The Morgan fingerprint density at radius 2 is 1.17 bits per heavy atom. The Bertz CT molecular complexity index is 1080. The highest BCUT2D eigenvalue weighted by Crippen LogP contribution is 2.35. The molecule has 4 heteroatoms. The summed E-state index contributed by atoms with van der Waals surface area (Å²) >= 11 is 12.3. The van der Waals surface area contributed by atoms with Crippen molar-refractivity contribution < 1.29 is 9.59 Å². The van der Waals surface area contributed by atoms with Crippen LogP contribution in [0.15, 0.2) is 58.1 Å². The van der Waals surface area contributed by atoms with Crippen molar-refractivity contribution in [1.29, 1.82) is 0 Å². The molecule has 0 spiro atoms. The summed E-state index contributed by atoms with van der Waals surface area (Å²) in [6.07, 6.45) is 3.06. The van der Waals surface area contributed by atoms with Crippen LogP contribution in [-0.2, 0) is 4.79 Å². The number of ketones is 2. The molecule has 1 aliphatic rings. The van der Waals surface area contributed by atoms with Crippen LogP contribution in [0.1, 0.15) is 43.7 Å². The summed E-state index contributed by atoms with van der Waals surface area (Å²) in [5.74, 6) is -0.565. The molecule has 0 fully saturated rings. The lowest BCUT2D eigenvalue weighted by Gasteiger charge is -2.19. The van der Waals surface area contributed by atoms with Crippen molar-refractivity contribution in [3.05, 3.63) is 97.1 Å². The van der Waals surface area contributed by atoms with E-state index in [4.69, 9.17) is 23.2 Å². The summed E-state index contributed by atoms with van der Waals surface area (Å²) in [5.41, 5.74) is 7.57. The van der Waals surface area contributed by atoms with Crippen LogP contribution in [0, 0.1) is 34.6 Å². The number of hydrogen-bond donors (Lipinski definition) is 0. The summed E-state index contributed by atoms with van der Waals surface area (Å²) in [7, 11) is 0. The maximum Gasteiger partial charge on any atom is 0.215 e. The molecule has 0 unspecified atom stereocenters. The minimum Gasteiger partial charge on any atom is -0.289 e. The van der Waals surface area contributed by atoms with Gasteiger partial charge < -0.3 is 0 Å². The predicted molar refractivity (Wildman–Crippen MR) is 121 cm³/mol. The topological polar surface area (TPSA) is 34.1 Å². The maximum atomic E-state index is 13.7. The monoisotopic (exact) mass is 424 g/mol. The normalized spacial score (nSPS) is 13.9. The number of carbonyl (C=O) groups is 2. The fraction of sp³-hybridized carbons (Fsp3) is 0.200. The number of rotatable bonds is 3. The Morgan fingerprint density at radius 1 is 0.724 bits per heavy atom. The SMILES string of the molecule is Cc1cc(C)cc(C(=O)C(=C2C=C(Cl)C(=O)C(Cl)=C2)c2c(C)cc(C)cc2C)c1. The van der Waals surface area contributed by atoms with Crippen molar-refractivity contribution in [2.75, 3.05) is 0 Å². The second-order valence-corrected chi connectivity index (χ2v) is 8.44. The molecule has 0 atom stereocenters. The van der Waals surface area contributed by atoms with Gasteiger partial charge >= 0.3 is 0 Å². The fourth-order valence-corrected chi connectivity index (χ4v) is 4.40. The van der Waals surface area contributed by atoms with E-state index >= 15 is 0 Å². The Kier molecular flexibility index (Phi) is 5.97. The fourth-order valence-electron chi connectivity index (χ4n) is 3.92. The number of benzene rings is 2. The lowest BCUT2D eigenvalue weighted by molar-refractivity contribution is -0.111. The summed E-state index contributed by atoms with van der Waals surface area (Å²) in [6.45, 7) is 9.91. The van der Waals surface area contributed by atoms with Crippen molar-refractivity contribution in [2.45, 2.75) is 34.6 Å². The number of allylic oxidation sites excluding steroid dienone is 6. The number of aryl methyl sites for hydroxylation is 5. The average molecular weight is 425 g/mol. The molecule has 2 aromatic carbocycles. The van der Waals surface area contributed by atoms with Gasteiger partial charge in [-0.2, -0.15) is 0 Å². The van der Waals surface area contributed by atoms with Gasteiger partial charge in [0.05, 0.1) is 10.1 Å². The van der Waals surface area contributed by atoms with Gasteiger partial charge in [0.2, 0.25) is 5.78 Å². The van der Waals surface area contributed by atoms with E-state index < -0.39 is 5.78 Å². The standard InChI is InChI=1S/C25H22Cl2O2/c1-13-6-14(2)10-19(9-13)24(28)23(18-11-20(26)25(29)21(27)12-18)22-16(4)7-15(3)8-17(22)5/h6-12H,1-5H3. The molecular weight excluding hydrogens is 403 g/mol. The first-order valence-electron chi connectivity index (χ1n) is 9.33. The first-order valence-corrected chi connectivity index (χ1v) is 10.1. The van der Waals surface area contributed by atoms with E-state index in [0.29, 0.717) is 16.7 Å². The van der Waals surface area contributed by atoms with E-state index in [1.54, 1.807) is 0 Å². The third-order valence-electron chi connectivity index (χ3n) is 4.92. The van der Waals surface area contributed by atoms with Gasteiger partial charge in [-0.3, -0.25) is 9.59 Å². The quantitative estimate of drug-likeness (QED) is 0.405. The second-order valence-electron chi connectivity index (χ2n) is 7.62. The van der Waals surface area contributed by atoms with Gasteiger partial charge in [0.1, 0.15) is 0 Å². The van der Waals surface area contributed by atoms with Crippen LogP contribution in [0.3, 0.4) is 0 Å². The minimum absolute atomic E-state index is 0.000593. The molecule has 0 amide bonds. The van der Waals surface area contributed by atoms with E-state index in [9.17, 15) is 9.59 Å². The Balaban J connectivity index is 2.37. The average Bonchev–Trinajstić information content (AvgIpc) is 2.60. The van der Waals surface area contributed by atoms with E-state index in [-0.39, 0.29) is 15.8 Å². The third kappa shape index (κ3) is 4.29. The molecule has 3 rings (SSSR count). The van der Waals surface area contributed by atoms with Crippen LogP contribution < -0.4 is 0 Å². The largest absolute Gasteiger partial charge is 0.289 e. The number of hydrogen-bond acceptors (Lipinski definition) is 2. The smallest absolute Gasteiger partial charge is 0.215 e. The van der Waals surface area contributed by atoms with Crippen LogP contribution in [0.25, 0.3) is 5.57 Å². The van der Waals surface area contributed by atoms with Crippen LogP contribution in [-0.4, -0.2) is 11.6 Å². The molecule has 0 saturated carbocycles.